The molecule has 0 bridgehead atoms. The van der Waals surface area contributed by atoms with Crippen molar-refractivity contribution < 1.29 is 4.42 Å². The maximum Gasteiger partial charge on any atom is 0.298 e. The van der Waals surface area contributed by atoms with Gasteiger partial charge in [-0.05, 0) is 80.2 Å². The van der Waals surface area contributed by atoms with E-state index in [2.05, 4.69) is 45.3 Å². The first kappa shape index (κ1) is 22.1. The Labute approximate surface area is 191 Å². The molecule has 2 aliphatic heterocycles. The molecule has 3 heterocycles. The molecule has 2 aliphatic rings. The Hall–Kier alpha value is -2.14. The zero-order chi connectivity index (χ0) is 21.6. The SMILES string of the molecule is CC.CSc1ccc(N2CCC(C3CCN(c4nc5ccccc5o4)CC3)CC2)cc1. The van der Waals surface area contributed by atoms with Gasteiger partial charge < -0.3 is 14.2 Å². The number of para-hydroxylation sites is 2. The van der Waals surface area contributed by atoms with Gasteiger partial charge in [0.25, 0.3) is 6.01 Å². The molecule has 0 unspecified atom stereocenters. The van der Waals surface area contributed by atoms with Crippen LogP contribution in [0.2, 0.25) is 0 Å². The van der Waals surface area contributed by atoms with E-state index in [0.717, 1.165) is 42.0 Å². The molecule has 4 nitrogen and oxygen atoms in total. The van der Waals surface area contributed by atoms with Crippen molar-refractivity contribution >= 4 is 34.6 Å². The number of oxazole rings is 1. The molecule has 5 heteroatoms. The van der Waals surface area contributed by atoms with Crippen molar-refractivity contribution in [2.24, 2.45) is 11.8 Å². The summed E-state index contributed by atoms with van der Waals surface area (Å²) in [6, 6.07) is 17.9. The molecule has 0 spiro atoms. The minimum atomic E-state index is 0.799. The van der Waals surface area contributed by atoms with Gasteiger partial charge in [0, 0.05) is 36.8 Å². The maximum absolute atomic E-state index is 5.97. The van der Waals surface area contributed by atoms with Gasteiger partial charge >= 0.3 is 0 Å². The van der Waals surface area contributed by atoms with E-state index in [1.165, 1.54) is 49.4 Å². The molecular weight excluding hydrogens is 402 g/mol. The molecule has 2 aromatic carbocycles. The lowest BCUT2D eigenvalue weighted by molar-refractivity contribution is 0.230. The number of nitrogens with zero attached hydrogens (tertiary/aromatic N) is 3. The summed E-state index contributed by atoms with van der Waals surface area (Å²) in [7, 11) is 0. The molecule has 3 aromatic rings. The number of hydrogen-bond acceptors (Lipinski definition) is 5. The van der Waals surface area contributed by atoms with Gasteiger partial charge in [-0.3, -0.25) is 0 Å². The van der Waals surface area contributed by atoms with Crippen LogP contribution in [0.3, 0.4) is 0 Å². The van der Waals surface area contributed by atoms with Crippen LogP contribution in [0.4, 0.5) is 11.7 Å². The summed E-state index contributed by atoms with van der Waals surface area (Å²) in [5, 5.41) is 0. The minimum absolute atomic E-state index is 0.799. The monoisotopic (exact) mass is 437 g/mol. The molecule has 0 N–H and O–H groups in total. The predicted molar refractivity (Wildman–Crippen MR) is 133 cm³/mol. The summed E-state index contributed by atoms with van der Waals surface area (Å²) in [6.07, 6.45) is 7.28. The Balaban J connectivity index is 0.00000112. The number of anilines is 2. The van der Waals surface area contributed by atoms with Crippen molar-refractivity contribution in [3.63, 3.8) is 0 Å². The first-order chi connectivity index (χ1) is 15.3. The van der Waals surface area contributed by atoms with Crippen LogP contribution in [0, 0.1) is 11.8 Å². The lowest BCUT2D eigenvalue weighted by Gasteiger charge is -2.40. The molecule has 0 radical (unpaired) electrons. The maximum atomic E-state index is 5.97. The van der Waals surface area contributed by atoms with Crippen LogP contribution in [0.5, 0.6) is 0 Å². The Morgan fingerprint density at radius 2 is 1.39 bits per heavy atom. The Morgan fingerprint density at radius 3 is 1.97 bits per heavy atom. The third kappa shape index (κ3) is 5.03. The van der Waals surface area contributed by atoms with E-state index in [1.807, 2.05) is 49.9 Å². The smallest absolute Gasteiger partial charge is 0.298 e. The van der Waals surface area contributed by atoms with Gasteiger partial charge in [0.2, 0.25) is 0 Å². The van der Waals surface area contributed by atoms with Gasteiger partial charge in [-0.25, -0.2) is 0 Å². The van der Waals surface area contributed by atoms with Crippen molar-refractivity contribution in [1.29, 1.82) is 0 Å². The second-order valence-electron chi connectivity index (χ2n) is 8.31. The van der Waals surface area contributed by atoms with Gasteiger partial charge in [-0.2, -0.15) is 4.98 Å². The third-order valence-corrected chi connectivity index (χ3v) is 7.48. The normalized spacial score (nSPS) is 18.2. The molecule has 0 atom stereocenters. The first-order valence-corrected chi connectivity index (χ1v) is 13.0. The fourth-order valence-electron chi connectivity index (χ4n) is 4.98. The molecule has 31 heavy (non-hydrogen) atoms. The second kappa shape index (κ2) is 10.4. The molecular formula is C26H35N3OS. The van der Waals surface area contributed by atoms with Crippen LogP contribution >= 0.6 is 11.8 Å². The largest absolute Gasteiger partial charge is 0.423 e. The third-order valence-electron chi connectivity index (χ3n) is 6.74. The Kier molecular flexibility index (Phi) is 7.44. The summed E-state index contributed by atoms with van der Waals surface area (Å²) in [4.78, 5) is 10.9. The van der Waals surface area contributed by atoms with Crippen LogP contribution < -0.4 is 9.80 Å². The average Bonchev–Trinajstić information content (AvgIpc) is 3.30. The summed E-state index contributed by atoms with van der Waals surface area (Å²) in [5.74, 6) is 1.71. The first-order valence-electron chi connectivity index (χ1n) is 11.8. The van der Waals surface area contributed by atoms with Crippen LogP contribution in [-0.4, -0.2) is 37.4 Å². The number of fused-ring (bicyclic) bond motifs is 1. The van der Waals surface area contributed by atoms with E-state index >= 15 is 0 Å². The molecule has 0 saturated carbocycles. The highest BCUT2D eigenvalue weighted by molar-refractivity contribution is 7.98. The van der Waals surface area contributed by atoms with Crippen LogP contribution in [0.25, 0.3) is 11.1 Å². The molecule has 2 saturated heterocycles. The number of benzene rings is 2. The summed E-state index contributed by atoms with van der Waals surface area (Å²) >= 11 is 1.81. The number of thioether (sulfide) groups is 1. The molecule has 166 valence electrons. The fourth-order valence-corrected chi connectivity index (χ4v) is 5.39. The summed E-state index contributed by atoms with van der Waals surface area (Å²) in [5.41, 5.74) is 3.23. The van der Waals surface area contributed by atoms with Gasteiger partial charge in [0.15, 0.2) is 5.58 Å². The second-order valence-corrected chi connectivity index (χ2v) is 9.19. The van der Waals surface area contributed by atoms with Crippen molar-refractivity contribution in [3.8, 4) is 0 Å². The van der Waals surface area contributed by atoms with Crippen LogP contribution in [0.1, 0.15) is 39.5 Å². The van der Waals surface area contributed by atoms with Crippen LogP contribution in [0.15, 0.2) is 57.8 Å². The minimum Gasteiger partial charge on any atom is -0.423 e. The lowest BCUT2D eigenvalue weighted by Crippen LogP contribution is -2.41. The van der Waals surface area contributed by atoms with E-state index in [4.69, 9.17) is 4.42 Å². The zero-order valence-electron chi connectivity index (χ0n) is 19.1. The van der Waals surface area contributed by atoms with Crippen molar-refractivity contribution in [1.82, 2.24) is 4.98 Å². The molecule has 2 fully saturated rings. The number of rotatable bonds is 4. The Morgan fingerprint density at radius 1 is 0.806 bits per heavy atom. The number of hydrogen-bond donors (Lipinski definition) is 0. The number of piperidine rings is 2. The highest BCUT2D eigenvalue weighted by atomic mass is 32.2. The van der Waals surface area contributed by atoms with E-state index < -0.39 is 0 Å². The van der Waals surface area contributed by atoms with Crippen molar-refractivity contribution in [3.05, 3.63) is 48.5 Å². The zero-order valence-corrected chi connectivity index (χ0v) is 19.9. The molecule has 0 amide bonds. The topological polar surface area (TPSA) is 32.5 Å². The van der Waals surface area contributed by atoms with Gasteiger partial charge in [0.1, 0.15) is 5.52 Å². The molecule has 0 aliphatic carbocycles. The highest BCUT2D eigenvalue weighted by Crippen LogP contribution is 2.35. The van der Waals surface area contributed by atoms with E-state index in [1.54, 1.807) is 0 Å². The van der Waals surface area contributed by atoms with Crippen molar-refractivity contribution in [2.45, 2.75) is 44.4 Å². The standard InChI is InChI=1S/C24H29N3OS.C2H6/c1-29-21-8-6-20(7-9-21)26-14-10-18(11-15-26)19-12-16-27(17-13-19)24-25-22-4-2-3-5-23(22)28-24;1-2/h2-9,18-19H,10-17H2,1H3;1-2H3. The van der Waals surface area contributed by atoms with Gasteiger partial charge in [0.05, 0.1) is 0 Å². The average molecular weight is 438 g/mol. The molecule has 5 rings (SSSR count). The fraction of sp³-hybridized carbons (Fsp3) is 0.500. The summed E-state index contributed by atoms with van der Waals surface area (Å²) in [6.45, 7) is 8.50. The van der Waals surface area contributed by atoms with Crippen molar-refractivity contribution in [2.75, 3.05) is 42.2 Å². The van der Waals surface area contributed by atoms with Gasteiger partial charge in [-0.1, -0.05) is 26.0 Å². The van der Waals surface area contributed by atoms with E-state index in [0.29, 0.717) is 0 Å². The van der Waals surface area contributed by atoms with E-state index in [-0.39, 0.29) is 0 Å². The quantitative estimate of drug-likeness (QED) is 0.424. The Bertz CT molecular complexity index is 906. The van der Waals surface area contributed by atoms with Gasteiger partial charge in [-0.15, -0.1) is 11.8 Å². The predicted octanol–water partition coefficient (Wildman–Crippen LogP) is 6.71. The highest BCUT2D eigenvalue weighted by Gasteiger charge is 2.30. The lowest BCUT2D eigenvalue weighted by atomic mass is 9.79. The number of aromatic nitrogens is 1. The summed E-state index contributed by atoms with van der Waals surface area (Å²) < 4.78 is 5.97. The van der Waals surface area contributed by atoms with Crippen LogP contribution in [-0.2, 0) is 0 Å². The van der Waals surface area contributed by atoms with E-state index in [9.17, 15) is 0 Å². The molecule has 1 aromatic heterocycles.